The van der Waals surface area contributed by atoms with Crippen LogP contribution in [0.15, 0.2) is 67.1 Å². The van der Waals surface area contributed by atoms with E-state index in [1.54, 1.807) is 22.3 Å². The lowest BCUT2D eigenvalue weighted by Crippen LogP contribution is -2.41. The molecule has 6 rings (SSSR count). The monoisotopic (exact) mass is 471 g/mol. The number of carbonyl (C=O) groups is 1. The van der Waals surface area contributed by atoms with Gasteiger partial charge in [-0.25, -0.2) is 24.6 Å². The third kappa shape index (κ3) is 4.01. The lowest BCUT2D eigenvalue weighted by molar-refractivity contribution is -0.120. The minimum Gasteiger partial charge on any atom is -0.356 e. The van der Waals surface area contributed by atoms with Gasteiger partial charge < -0.3 is 10.2 Å². The summed E-state index contributed by atoms with van der Waals surface area (Å²) >= 11 is 1.60. The molecular formula is C23H21N9OS. The number of amides is 1. The minimum absolute atomic E-state index is 0.0122. The highest BCUT2D eigenvalue weighted by Crippen LogP contribution is 2.26. The molecule has 1 fully saturated rings. The third-order valence-electron chi connectivity index (χ3n) is 5.93. The van der Waals surface area contributed by atoms with Gasteiger partial charge in [0.25, 0.3) is 0 Å². The molecule has 10 nitrogen and oxygen atoms in total. The number of nitrogens with one attached hydrogen (secondary N) is 1. The number of thiazole rings is 1. The number of imidazole rings is 1. The number of hydrogen-bond donors (Lipinski definition) is 1. The fourth-order valence-electron chi connectivity index (χ4n) is 4.23. The van der Waals surface area contributed by atoms with E-state index in [0.717, 1.165) is 47.1 Å². The molecule has 0 bridgehead atoms. The third-order valence-corrected chi connectivity index (χ3v) is 6.70. The number of hydrogen-bond acceptors (Lipinski definition) is 8. The van der Waals surface area contributed by atoms with Gasteiger partial charge in [-0.3, -0.25) is 9.20 Å². The smallest absolute Gasteiger partial charge is 0.229 e. The summed E-state index contributed by atoms with van der Waals surface area (Å²) in [6.07, 6.45) is 10.3. The Morgan fingerprint density at radius 3 is 2.97 bits per heavy atom. The summed E-state index contributed by atoms with van der Waals surface area (Å²) in [6.45, 7) is 1.43. The molecule has 1 atom stereocenters. The average Bonchev–Trinajstić information content (AvgIpc) is 3.63. The van der Waals surface area contributed by atoms with Gasteiger partial charge in [-0.2, -0.15) is 5.10 Å². The molecule has 1 unspecified atom stereocenters. The molecule has 34 heavy (non-hydrogen) atoms. The van der Waals surface area contributed by atoms with Crippen molar-refractivity contribution in [1.82, 2.24) is 34.1 Å². The summed E-state index contributed by atoms with van der Waals surface area (Å²) in [4.78, 5) is 33.5. The van der Waals surface area contributed by atoms with Gasteiger partial charge in [0.1, 0.15) is 24.8 Å². The van der Waals surface area contributed by atoms with E-state index in [4.69, 9.17) is 0 Å². The molecular weight excluding hydrogens is 450 g/mol. The Labute approximate surface area is 199 Å². The predicted molar refractivity (Wildman–Crippen MR) is 129 cm³/mol. The van der Waals surface area contributed by atoms with Crippen molar-refractivity contribution >= 4 is 33.7 Å². The van der Waals surface area contributed by atoms with Crippen molar-refractivity contribution in [2.45, 2.75) is 12.8 Å². The van der Waals surface area contributed by atoms with E-state index in [-0.39, 0.29) is 11.8 Å². The van der Waals surface area contributed by atoms with Gasteiger partial charge in [0.2, 0.25) is 5.91 Å². The predicted octanol–water partition coefficient (Wildman–Crippen LogP) is 3.29. The van der Waals surface area contributed by atoms with E-state index in [0.29, 0.717) is 12.4 Å². The van der Waals surface area contributed by atoms with E-state index in [2.05, 4.69) is 35.3 Å². The Morgan fingerprint density at radius 1 is 1.15 bits per heavy atom. The standard InChI is InChI=1S/C23H21N9OS/c33-22(28-18-5-1-3-16(9-18)19-12-31-7-8-34-23(31)29-19)17-4-2-6-30(11-17)20-10-21(26-14-25-20)32-15-24-13-27-32/h1,3,5,7-10,12-15,17H,2,4,6,11H2,(H,28,33). The van der Waals surface area contributed by atoms with Gasteiger partial charge >= 0.3 is 0 Å². The van der Waals surface area contributed by atoms with Crippen molar-refractivity contribution in [2.75, 3.05) is 23.3 Å². The first-order chi connectivity index (χ1) is 16.7. The van der Waals surface area contributed by atoms with Crippen LogP contribution in [0.4, 0.5) is 11.5 Å². The second kappa shape index (κ2) is 8.67. The fraction of sp³-hybridized carbons (Fsp3) is 0.217. The normalized spacial score (nSPS) is 16.1. The Bertz CT molecular complexity index is 1410. The molecule has 0 spiro atoms. The lowest BCUT2D eigenvalue weighted by atomic mass is 9.97. The minimum atomic E-state index is -0.139. The van der Waals surface area contributed by atoms with Crippen molar-refractivity contribution < 1.29 is 4.79 Å². The molecule has 1 N–H and O–H groups in total. The molecule has 5 heterocycles. The average molecular weight is 472 g/mol. The van der Waals surface area contributed by atoms with Crippen LogP contribution in [-0.2, 0) is 4.79 Å². The zero-order chi connectivity index (χ0) is 22.9. The number of aromatic nitrogens is 7. The summed E-state index contributed by atoms with van der Waals surface area (Å²) in [6, 6.07) is 9.70. The van der Waals surface area contributed by atoms with E-state index >= 15 is 0 Å². The van der Waals surface area contributed by atoms with Gasteiger partial charge in [0.05, 0.1) is 11.6 Å². The molecule has 5 aromatic rings. The maximum absolute atomic E-state index is 13.1. The Hall–Kier alpha value is -4.12. The Balaban J connectivity index is 1.16. The van der Waals surface area contributed by atoms with Crippen molar-refractivity contribution in [2.24, 2.45) is 5.92 Å². The van der Waals surface area contributed by atoms with Gasteiger partial charge in [-0.05, 0) is 25.0 Å². The van der Waals surface area contributed by atoms with Crippen LogP contribution < -0.4 is 10.2 Å². The number of nitrogens with zero attached hydrogens (tertiary/aromatic N) is 8. The van der Waals surface area contributed by atoms with Gasteiger partial charge in [0, 0.05) is 48.2 Å². The molecule has 0 radical (unpaired) electrons. The number of benzene rings is 1. The van der Waals surface area contributed by atoms with E-state index in [1.807, 2.05) is 52.5 Å². The zero-order valence-corrected chi connectivity index (χ0v) is 19.0. The molecule has 0 aliphatic carbocycles. The van der Waals surface area contributed by atoms with Crippen molar-refractivity contribution in [3.8, 4) is 17.1 Å². The summed E-state index contributed by atoms with van der Waals surface area (Å²) in [5, 5.41) is 9.24. The Kier molecular flexibility index (Phi) is 5.22. The molecule has 1 amide bonds. The van der Waals surface area contributed by atoms with Crippen LogP contribution in [0.2, 0.25) is 0 Å². The maximum atomic E-state index is 13.1. The largest absolute Gasteiger partial charge is 0.356 e. The highest BCUT2D eigenvalue weighted by molar-refractivity contribution is 7.15. The quantitative estimate of drug-likeness (QED) is 0.419. The van der Waals surface area contributed by atoms with Crippen molar-refractivity contribution in [3.63, 3.8) is 0 Å². The highest BCUT2D eigenvalue weighted by Gasteiger charge is 2.27. The number of fused-ring (bicyclic) bond motifs is 1. The topological polar surface area (TPSA) is 106 Å². The molecule has 0 saturated carbocycles. The molecule has 1 aliphatic rings. The number of carbonyl (C=O) groups excluding carboxylic acids is 1. The number of piperidine rings is 1. The summed E-state index contributed by atoms with van der Waals surface area (Å²) in [7, 11) is 0. The van der Waals surface area contributed by atoms with Crippen LogP contribution in [0, 0.1) is 5.92 Å². The molecule has 1 saturated heterocycles. The molecule has 1 aliphatic heterocycles. The first kappa shape index (κ1) is 20.5. The fourth-order valence-corrected chi connectivity index (χ4v) is 4.93. The summed E-state index contributed by atoms with van der Waals surface area (Å²) in [5.41, 5.74) is 2.63. The second-order valence-corrected chi connectivity index (χ2v) is 9.02. The van der Waals surface area contributed by atoms with Crippen LogP contribution in [0.1, 0.15) is 12.8 Å². The van der Waals surface area contributed by atoms with Crippen LogP contribution in [0.3, 0.4) is 0 Å². The lowest BCUT2D eigenvalue weighted by Gasteiger charge is -2.32. The van der Waals surface area contributed by atoms with Gasteiger partial charge in [0.15, 0.2) is 10.8 Å². The summed E-state index contributed by atoms with van der Waals surface area (Å²) in [5.74, 6) is 1.29. The van der Waals surface area contributed by atoms with Crippen LogP contribution >= 0.6 is 11.3 Å². The molecule has 1 aromatic carbocycles. The SMILES string of the molecule is O=C(Nc1cccc(-c2cn3ccsc3n2)c1)C1CCCN(c2cc(-n3cncn3)ncn2)C1. The zero-order valence-electron chi connectivity index (χ0n) is 18.2. The highest BCUT2D eigenvalue weighted by atomic mass is 32.1. The molecule has 11 heteroatoms. The van der Waals surface area contributed by atoms with Crippen LogP contribution in [0.25, 0.3) is 22.0 Å². The number of rotatable bonds is 5. The molecule has 170 valence electrons. The number of anilines is 2. The van der Waals surface area contributed by atoms with E-state index in [9.17, 15) is 4.79 Å². The molecule has 4 aromatic heterocycles. The van der Waals surface area contributed by atoms with Crippen molar-refractivity contribution in [3.05, 3.63) is 67.1 Å². The van der Waals surface area contributed by atoms with E-state index < -0.39 is 0 Å². The second-order valence-electron chi connectivity index (χ2n) is 8.15. The van der Waals surface area contributed by atoms with Crippen LogP contribution in [-0.4, -0.2) is 53.1 Å². The maximum Gasteiger partial charge on any atom is 0.229 e. The van der Waals surface area contributed by atoms with Gasteiger partial charge in [-0.1, -0.05) is 12.1 Å². The first-order valence-electron chi connectivity index (χ1n) is 11.0. The van der Waals surface area contributed by atoms with E-state index in [1.165, 1.54) is 12.7 Å². The van der Waals surface area contributed by atoms with Gasteiger partial charge in [-0.15, -0.1) is 11.3 Å². The Morgan fingerprint density at radius 2 is 2.09 bits per heavy atom. The van der Waals surface area contributed by atoms with Crippen molar-refractivity contribution in [1.29, 1.82) is 0 Å². The first-order valence-corrected chi connectivity index (χ1v) is 11.9. The van der Waals surface area contributed by atoms with Crippen LogP contribution in [0.5, 0.6) is 0 Å². The summed E-state index contributed by atoms with van der Waals surface area (Å²) < 4.78 is 3.60.